The fourth-order valence-corrected chi connectivity index (χ4v) is 2.71. The highest BCUT2D eigenvalue weighted by molar-refractivity contribution is 7.22. The van der Waals surface area contributed by atoms with Crippen LogP contribution in [0.3, 0.4) is 0 Å². The van der Waals surface area contributed by atoms with Crippen molar-refractivity contribution >= 4 is 38.6 Å². The number of urea groups is 1. The van der Waals surface area contributed by atoms with Gasteiger partial charge >= 0.3 is 6.03 Å². The van der Waals surface area contributed by atoms with Crippen molar-refractivity contribution in [3.63, 3.8) is 0 Å². The van der Waals surface area contributed by atoms with E-state index in [1.807, 2.05) is 45.0 Å². The van der Waals surface area contributed by atoms with Crippen molar-refractivity contribution in [1.29, 1.82) is 0 Å². The SMILES string of the molecule is CN(CC(=O)NC(C)(C)C)C(=O)Nc1nc2ccccc2s1. The molecule has 22 heavy (non-hydrogen) atoms. The van der Waals surface area contributed by atoms with E-state index in [4.69, 9.17) is 0 Å². The lowest BCUT2D eigenvalue weighted by Gasteiger charge is -2.23. The molecule has 0 aliphatic carbocycles. The number of aromatic nitrogens is 1. The van der Waals surface area contributed by atoms with Crippen LogP contribution in [0.15, 0.2) is 24.3 Å². The molecule has 0 fully saturated rings. The van der Waals surface area contributed by atoms with Crippen molar-refractivity contribution in [3.05, 3.63) is 24.3 Å². The summed E-state index contributed by atoms with van der Waals surface area (Å²) in [6, 6.07) is 7.31. The molecule has 2 N–H and O–H groups in total. The van der Waals surface area contributed by atoms with Crippen LogP contribution < -0.4 is 10.6 Å². The van der Waals surface area contributed by atoms with Crippen LogP contribution in [0.5, 0.6) is 0 Å². The molecule has 1 aromatic heterocycles. The molecule has 2 rings (SSSR count). The van der Waals surface area contributed by atoms with E-state index in [1.165, 1.54) is 16.2 Å². The topological polar surface area (TPSA) is 74.3 Å². The predicted molar refractivity (Wildman–Crippen MR) is 89.2 cm³/mol. The molecule has 0 spiro atoms. The number of carbonyl (C=O) groups excluding carboxylic acids is 2. The van der Waals surface area contributed by atoms with Gasteiger partial charge in [-0.05, 0) is 32.9 Å². The summed E-state index contributed by atoms with van der Waals surface area (Å²) in [7, 11) is 1.57. The van der Waals surface area contributed by atoms with Gasteiger partial charge in [-0.2, -0.15) is 0 Å². The van der Waals surface area contributed by atoms with Crippen LogP contribution in [-0.4, -0.2) is 41.0 Å². The number of fused-ring (bicyclic) bond motifs is 1. The summed E-state index contributed by atoms with van der Waals surface area (Å²) in [6.45, 7) is 5.68. The van der Waals surface area contributed by atoms with Gasteiger partial charge in [-0.25, -0.2) is 9.78 Å². The fraction of sp³-hybridized carbons (Fsp3) is 0.400. The molecule has 0 saturated heterocycles. The van der Waals surface area contributed by atoms with Crippen LogP contribution in [0, 0.1) is 0 Å². The second-order valence-electron chi connectivity index (χ2n) is 6.07. The number of likely N-dealkylation sites (N-methyl/N-ethyl adjacent to an activating group) is 1. The molecular formula is C15H20N4O2S. The van der Waals surface area contributed by atoms with E-state index in [1.54, 1.807) is 7.05 Å². The zero-order valence-corrected chi connectivity index (χ0v) is 14.0. The van der Waals surface area contributed by atoms with Gasteiger partial charge in [-0.1, -0.05) is 23.5 Å². The molecular weight excluding hydrogens is 300 g/mol. The Bertz CT molecular complexity index is 657. The number of nitrogens with one attached hydrogen (secondary N) is 2. The van der Waals surface area contributed by atoms with Crippen LogP contribution in [0.1, 0.15) is 20.8 Å². The number of amides is 3. The Morgan fingerprint density at radius 3 is 2.59 bits per heavy atom. The zero-order chi connectivity index (χ0) is 16.3. The van der Waals surface area contributed by atoms with E-state index in [9.17, 15) is 9.59 Å². The van der Waals surface area contributed by atoms with Gasteiger partial charge in [0.15, 0.2) is 5.13 Å². The molecule has 118 valence electrons. The first-order chi connectivity index (χ1) is 10.2. The molecule has 0 aliphatic heterocycles. The minimum atomic E-state index is -0.358. The van der Waals surface area contributed by atoms with E-state index in [0.29, 0.717) is 5.13 Å². The maximum atomic E-state index is 12.1. The monoisotopic (exact) mass is 320 g/mol. The first-order valence-corrected chi connectivity index (χ1v) is 7.75. The molecule has 0 saturated carbocycles. The summed E-state index contributed by atoms with van der Waals surface area (Å²) in [6.07, 6.45) is 0. The molecule has 7 heteroatoms. The second kappa shape index (κ2) is 6.31. The standard InChI is InChI=1S/C15H20N4O2S/c1-15(2,3)18-12(20)9-19(4)14(21)17-13-16-10-7-5-6-8-11(10)22-13/h5-8H,9H2,1-4H3,(H,18,20)(H,16,17,21). The fourth-order valence-electron chi connectivity index (χ4n) is 1.86. The third kappa shape index (κ3) is 4.42. The Morgan fingerprint density at radius 1 is 1.27 bits per heavy atom. The molecule has 0 bridgehead atoms. The molecule has 1 aromatic carbocycles. The summed E-state index contributed by atoms with van der Waals surface area (Å²) in [5, 5.41) is 6.05. The minimum Gasteiger partial charge on any atom is -0.350 e. The first-order valence-electron chi connectivity index (χ1n) is 6.93. The van der Waals surface area contributed by atoms with Gasteiger partial charge in [-0.15, -0.1) is 0 Å². The Balaban J connectivity index is 1.95. The molecule has 0 atom stereocenters. The van der Waals surface area contributed by atoms with E-state index in [-0.39, 0.29) is 24.0 Å². The van der Waals surface area contributed by atoms with Gasteiger partial charge in [0, 0.05) is 12.6 Å². The molecule has 0 unspecified atom stereocenters. The van der Waals surface area contributed by atoms with Crippen LogP contribution in [0.2, 0.25) is 0 Å². The average Bonchev–Trinajstić information content (AvgIpc) is 2.78. The quantitative estimate of drug-likeness (QED) is 0.913. The van der Waals surface area contributed by atoms with E-state index >= 15 is 0 Å². The summed E-state index contributed by atoms with van der Waals surface area (Å²) in [5.74, 6) is -0.200. The van der Waals surface area contributed by atoms with Crippen molar-refractivity contribution in [3.8, 4) is 0 Å². The minimum absolute atomic E-state index is 0.00595. The van der Waals surface area contributed by atoms with Gasteiger partial charge in [0.25, 0.3) is 0 Å². The zero-order valence-electron chi connectivity index (χ0n) is 13.1. The summed E-state index contributed by atoms with van der Waals surface area (Å²) >= 11 is 1.40. The Morgan fingerprint density at radius 2 is 1.95 bits per heavy atom. The van der Waals surface area contributed by atoms with Crippen molar-refractivity contribution in [2.75, 3.05) is 18.9 Å². The highest BCUT2D eigenvalue weighted by Crippen LogP contribution is 2.25. The Kier molecular flexibility index (Phi) is 4.65. The van der Waals surface area contributed by atoms with E-state index in [2.05, 4.69) is 15.6 Å². The number of anilines is 1. The molecule has 1 heterocycles. The molecule has 0 radical (unpaired) electrons. The van der Waals surface area contributed by atoms with Crippen LogP contribution in [0.25, 0.3) is 10.2 Å². The van der Waals surface area contributed by atoms with Gasteiger partial charge in [-0.3, -0.25) is 10.1 Å². The van der Waals surface area contributed by atoms with E-state index in [0.717, 1.165) is 10.2 Å². The van der Waals surface area contributed by atoms with Crippen LogP contribution in [-0.2, 0) is 4.79 Å². The normalized spacial score (nSPS) is 11.3. The molecule has 2 aromatic rings. The lowest BCUT2D eigenvalue weighted by molar-refractivity contribution is -0.122. The van der Waals surface area contributed by atoms with Crippen molar-refractivity contribution in [1.82, 2.24) is 15.2 Å². The lowest BCUT2D eigenvalue weighted by Crippen LogP contribution is -2.47. The number of rotatable bonds is 3. The van der Waals surface area contributed by atoms with Crippen molar-refractivity contribution in [2.24, 2.45) is 0 Å². The molecule has 3 amide bonds. The molecule has 0 aliphatic rings. The summed E-state index contributed by atoms with van der Waals surface area (Å²) in [4.78, 5) is 29.6. The van der Waals surface area contributed by atoms with Gasteiger partial charge in [0.2, 0.25) is 5.91 Å². The number of hydrogen-bond donors (Lipinski definition) is 2. The lowest BCUT2D eigenvalue weighted by atomic mass is 10.1. The number of thiazole rings is 1. The van der Waals surface area contributed by atoms with Crippen LogP contribution in [0.4, 0.5) is 9.93 Å². The predicted octanol–water partition coefficient (Wildman–Crippen LogP) is 2.67. The summed E-state index contributed by atoms with van der Waals surface area (Å²) < 4.78 is 1.01. The Labute approximate surface area is 133 Å². The van der Waals surface area contributed by atoms with Gasteiger partial charge in [0.1, 0.15) is 6.54 Å². The smallest absolute Gasteiger partial charge is 0.323 e. The molecule has 6 nitrogen and oxygen atoms in total. The van der Waals surface area contributed by atoms with Crippen molar-refractivity contribution in [2.45, 2.75) is 26.3 Å². The maximum Gasteiger partial charge on any atom is 0.323 e. The van der Waals surface area contributed by atoms with Crippen LogP contribution >= 0.6 is 11.3 Å². The Hall–Kier alpha value is -2.15. The van der Waals surface area contributed by atoms with Gasteiger partial charge in [0.05, 0.1) is 10.2 Å². The largest absolute Gasteiger partial charge is 0.350 e. The average molecular weight is 320 g/mol. The highest BCUT2D eigenvalue weighted by Gasteiger charge is 2.18. The van der Waals surface area contributed by atoms with Crippen molar-refractivity contribution < 1.29 is 9.59 Å². The number of benzene rings is 1. The number of nitrogens with zero attached hydrogens (tertiary/aromatic N) is 2. The number of carbonyl (C=O) groups is 2. The first kappa shape index (κ1) is 16.2. The number of para-hydroxylation sites is 1. The number of hydrogen-bond acceptors (Lipinski definition) is 4. The third-order valence-corrected chi connectivity index (χ3v) is 3.70. The second-order valence-corrected chi connectivity index (χ2v) is 7.10. The summed E-state index contributed by atoms with van der Waals surface area (Å²) in [5.41, 5.74) is 0.525. The maximum absolute atomic E-state index is 12.1. The van der Waals surface area contributed by atoms with Gasteiger partial charge < -0.3 is 10.2 Å². The highest BCUT2D eigenvalue weighted by atomic mass is 32.1. The third-order valence-electron chi connectivity index (χ3n) is 2.75. The van der Waals surface area contributed by atoms with E-state index < -0.39 is 0 Å².